The maximum atomic E-state index is 5.47. The number of aryl methyl sites for hydroxylation is 1. The van der Waals surface area contributed by atoms with Crippen LogP contribution in [0, 0.1) is 13.8 Å². The minimum atomic E-state index is 0.0951. The topological polar surface area (TPSA) is 63.2 Å². The van der Waals surface area contributed by atoms with Gasteiger partial charge in [-0.2, -0.15) is 5.10 Å². The molecular weight excluding hydrogens is 418 g/mol. The van der Waals surface area contributed by atoms with E-state index in [1.807, 2.05) is 13.1 Å². The first-order valence-electron chi connectivity index (χ1n) is 9.52. The number of aromatic nitrogens is 3. The summed E-state index contributed by atoms with van der Waals surface area (Å²) in [5.41, 5.74) is 3.34. The number of halogens is 1. The van der Waals surface area contributed by atoms with Crippen LogP contribution in [0.5, 0.6) is 0 Å². The Bertz CT molecular complexity index is 1000. The number of pyridine rings is 1. The molecule has 28 heavy (non-hydrogen) atoms. The number of nitrogens with one attached hydrogen (secondary N) is 1. The molecule has 3 heterocycles. The molecule has 2 aromatic heterocycles. The lowest BCUT2D eigenvalue weighted by Crippen LogP contribution is -2.36. The molecule has 1 aliphatic heterocycles. The highest BCUT2D eigenvalue weighted by atomic mass is 79.9. The Morgan fingerprint density at radius 1 is 1.14 bits per heavy atom. The van der Waals surface area contributed by atoms with Gasteiger partial charge in [-0.15, -0.1) is 5.10 Å². The highest BCUT2D eigenvalue weighted by Gasteiger charge is 2.17. The number of rotatable bonds is 4. The first-order valence-corrected chi connectivity index (χ1v) is 10.3. The number of benzene rings is 1. The van der Waals surface area contributed by atoms with Crippen LogP contribution in [0.3, 0.4) is 0 Å². The van der Waals surface area contributed by atoms with Crippen LogP contribution in [-0.2, 0) is 4.74 Å². The lowest BCUT2D eigenvalue weighted by molar-refractivity contribution is 0.122. The van der Waals surface area contributed by atoms with Gasteiger partial charge in [0.25, 0.3) is 0 Å². The number of hydrogen-bond donors (Lipinski definition) is 1. The maximum Gasteiger partial charge on any atom is 0.157 e. The van der Waals surface area contributed by atoms with Gasteiger partial charge in [0.2, 0.25) is 0 Å². The van der Waals surface area contributed by atoms with E-state index >= 15 is 0 Å². The average molecular weight is 442 g/mol. The van der Waals surface area contributed by atoms with Crippen LogP contribution in [0.15, 0.2) is 34.9 Å². The van der Waals surface area contributed by atoms with Crippen molar-refractivity contribution in [3.05, 3.63) is 51.8 Å². The molecule has 0 aliphatic carbocycles. The van der Waals surface area contributed by atoms with Crippen LogP contribution in [0.1, 0.15) is 29.8 Å². The molecule has 1 aliphatic rings. The maximum absolute atomic E-state index is 5.47. The molecule has 0 unspecified atom stereocenters. The third-order valence-electron chi connectivity index (χ3n) is 5.30. The molecule has 3 aromatic rings. The van der Waals surface area contributed by atoms with Gasteiger partial charge >= 0.3 is 0 Å². The number of anilines is 2. The van der Waals surface area contributed by atoms with Crippen molar-refractivity contribution in [1.29, 1.82) is 0 Å². The second-order valence-corrected chi connectivity index (χ2v) is 8.00. The summed E-state index contributed by atoms with van der Waals surface area (Å²) in [5.74, 6) is 1.74. The Morgan fingerprint density at radius 2 is 1.93 bits per heavy atom. The van der Waals surface area contributed by atoms with Gasteiger partial charge in [-0.05, 0) is 44.0 Å². The Balaban J connectivity index is 1.71. The SMILES string of the molecule is Cc1c(Br)cccc1[C@@H](C)Nc1nnc(C)c2cnc(N3CCOCC3)cc12. The molecule has 146 valence electrons. The van der Waals surface area contributed by atoms with Crippen LogP contribution in [-0.4, -0.2) is 41.5 Å². The fourth-order valence-corrected chi connectivity index (χ4v) is 3.99. The van der Waals surface area contributed by atoms with E-state index in [0.717, 1.165) is 58.9 Å². The number of ether oxygens (including phenoxy) is 1. The molecule has 0 spiro atoms. The van der Waals surface area contributed by atoms with Crippen molar-refractivity contribution in [2.24, 2.45) is 0 Å². The van der Waals surface area contributed by atoms with E-state index in [-0.39, 0.29) is 6.04 Å². The molecule has 1 aromatic carbocycles. The zero-order valence-electron chi connectivity index (χ0n) is 16.4. The number of fused-ring (bicyclic) bond motifs is 1. The van der Waals surface area contributed by atoms with Gasteiger partial charge in [0.15, 0.2) is 5.82 Å². The van der Waals surface area contributed by atoms with Gasteiger partial charge in [-0.25, -0.2) is 4.98 Å². The third-order valence-corrected chi connectivity index (χ3v) is 6.16. The summed E-state index contributed by atoms with van der Waals surface area (Å²) in [7, 11) is 0. The Kier molecular flexibility index (Phi) is 5.46. The van der Waals surface area contributed by atoms with E-state index in [1.54, 1.807) is 0 Å². The van der Waals surface area contributed by atoms with Crippen molar-refractivity contribution in [2.45, 2.75) is 26.8 Å². The molecule has 1 saturated heterocycles. The number of hydrogen-bond acceptors (Lipinski definition) is 6. The molecule has 1 fully saturated rings. The molecule has 7 heteroatoms. The quantitative estimate of drug-likeness (QED) is 0.646. The Hall–Kier alpha value is -2.25. The fourth-order valence-electron chi connectivity index (χ4n) is 3.61. The van der Waals surface area contributed by atoms with Crippen LogP contribution in [0.2, 0.25) is 0 Å². The smallest absolute Gasteiger partial charge is 0.157 e. The minimum absolute atomic E-state index is 0.0951. The van der Waals surface area contributed by atoms with Crippen molar-refractivity contribution in [3.63, 3.8) is 0 Å². The summed E-state index contributed by atoms with van der Waals surface area (Å²) in [6, 6.07) is 8.47. The molecule has 0 saturated carbocycles. The average Bonchev–Trinajstić information content (AvgIpc) is 2.72. The van der Waals surface area contributed by atoms with Gasteiger partial charge in [-0.1, -0.05) is 28.1 Å². The molecular formula is C21H24BrN5O. The van der Waals surface area contributed by atoms with Crippen LogP contribution < -0.4 is 10.2 Å². The van der Waals surface area contributed by atoms with Gasteiger partial charge in [0.1, 0.15) is 5.82 Å². The van der Waals surface area contributed by atoms with Crippen molar-refractivity contribution in [3.8, 4) is 0 Å². The van der Waals surface area contributed by atoms with Gasteiger partial charge in [-0.3, -0.25) is 0 Å². The molecule has 1 N–H and O–H groups in total. The van der Waals surface area contributed by atoms with Crippen LogP contribution in [0.4, 0.5) is 11.6 Å². The van der Waals surface area contributed by atoms with E-state index in [4.69, 9.17) is 4.74 Å². The highest BCUT2D eigenvalue weighted by molar-refractivity contribution is 9.10. The van der Waals surface area contributed by atoms with Crippen LogP contribution in [0.25, 0.3) is 10.8 Å². The summed E-state index contributed by atoms with van der Waals surface area (Å²) in [6.07, 6.45) is 1.91. The predicted octanol–water partition coefficient (Wildman–Crippen LogP) is 4.41. The summed E-state index contributed by atoms with van der Waals surface area (Å²) in [5, 5.41) is 14.4. The fraction of sp³-hybridized carbons (Fsp3) is 0.381. The summed E-state index contributed by atoms with van der Waals surface area (Å²) < 4.78 is 6.57. The lowest BCUT2D eigenvalue weighted by Gasteiger charge is -2.28. The molecule has 1 atom stereocenters. The highest BCUT2D eigenvalue weighted by Crippen LogP contribution is 2.31. The normalized spacial score (nSPS) is 15.6. The van der Waals surface area contributed by atoms with Gasteiger partial charge in [0.05, 0.1) is 24.9 Å². The van der Waals surface area contributed by atoms with Crippen molar-refractivity contribution in [2.75, 3.05) is 36.5 Å². The molecule has 0 radical (unpaired) electrons. The first-order chi connectivity index (χ1) is 13.5. The lowest BCUT2D eigenvalue weighted by atomic mass is 10.0. The van der Waals surface area contributed by atoms with Gasteiger partial charge < -0.3 is 15.0 Å². The van der Waals surface area contributed by atoms with E-state index in [9.17, 15) is 0 Å². The second kappa shape index (κ2) is 8.01. The third kappa shape index (κ3) is 3.69. The van der Waals surface area contributed by atoms with Gasteiger partial charge in [0, 0.05) is 34.5 Å². The summed E-state index contributed by atoms with van der Waals surface area (Å²) in [6.45, 7) is 9.41. The standard InChI is InChI=1S/C21H24BrN5O/c1-13-16(5-4-6-19(13)22)14(2)24-21-17-11-20(27-7-9-28-10-8-27)23-12-18(17)15(3)25-26-21/h4-6,11-12,14H,7-10H2,1-3H3,(H,24,26)/t14-/m1/s1. The van der Waals surface area contributed by atoms with E-state index in [0.29, 0.717) is 0 Å². The minimum Gasteiger partial charge on any atom is -0.378 e. The number of morpholine rings is 1. The zero-order chi connectivity index (χ0) is 19.7. The summed E-state index contributed by atoms with van der Waals surface area (Å²) in [4.78, 5) is 6.92. The molecule has 6 nitrogen and oxygen atoms in total. The van der Waals surface area contributed by atoms with E-state index in [1.165, 1.54) is 11.1 Å². The molecule has 4 rings (SSSR count). The largest absolute Gasteiger partial charge is 0.378 e. The second-order valence-electron chi connectivity index (χ2n) is 7.14. The Labute approximate surface area is 173 Å². The van der Waals surface area contributed by atoms with E-state index < -0.39 is 0 Å². The monoisotopic (exact) mass is 441 g/mol. The van der Waals surface area contributed by atoms with Crippen molar-refractivity contribution in [1.82, 2.24) is 15.2 Å². The van der Waals surface area contributed by atoms with Crippen molar-refractivity contribution >= 4 is 38.3 Å². The first kappa shape index (κ1) is 19.1. The number of nitrogens with zero attached hydrogens (tertiary/aromatic N) is 4. The molecule has 0 bridgehead atoms. The molecule has 0 amide bonds. The van der Waals surface area contributed by atoms with Crippen molar-refractivity contribution < 1.29 is 4.74 Å². The van der Waals surface area contributed by atoms with Crippen LogP contribution >= 0.6 is 15.9 Å². The van der Waals surface area contributed by atoms with E-state index in [2.05, 4.69) is 79.4 Å². The zero-order valence-corrected chi connectivity index (χ0v) is 18.0. The summed E-state index contributed by atoms with van der Waals surface area (Å²) >= 11 is 3.62. The predicted molar refractivity (Wildman–Crippen MR) is 116 cm³/mol. The Morgan fingerprint density at radius 3 is 2.71 bits per heavy atom.